The summed E-state index contributed by atoms with van der Waals surface area (Å²) < 4.78 is 14.3. The van der Waals surface area contributed by atoms with Gasteiger partial charge in [-0.1, -0.05) is 24.3 Å². The highest BCUT2D eigenvalue weighted by Gasteiger charge is 2.30. The molecule has 3 aromatic rings. The van der Waals surface area contributed by atoms with Crippen LogP contribution in [0, 0.1) is 12.7 Å². The lowest BCUT2D eigenvalue weighted by Crippen LogP contribution is -2.31. The van der Waals surface area contributed by atoms with Crippen molar-refractivity contribution in [2.45, 2.75) is 32.7 Å². The van der Waals surface area contributed by atoms with Crippen LogP contribution in [0.3, 0.4) is 0 Å². The van der Waals surface area contributed by atoms with Gasteiger partial charge in [0.1, 0.15) is 17.0 Å². The smallest absolute Gasteiger partial charge is 0.201 e. The van der Waals surface area contributed by atoms with Crippen LogP contribution in [0.1, 0.15) is 36.4 Å². The molecule has 4 rings (SSSR count). The maximum absolute atomic E-state index is 14.3. The van der Waals surface area contributed by atoms with Gasteiger partial charge in [-0.25, -0.2) is 9.37 Å². The van der Waals surface area contributed by atoms with Crippen molar-refractivity contribution in [1.82, 2.24) is 15.2 Å². The van der Waals surface area contributed by atoms with Crippen LogP contribution in [0.15, 0.2) is 41.4 Å². The zero-order valence-corrected chi connectivity index (χ0v) is 13.8. The monoisotopic (exact) mass is 320 g/mol. The quantitative estimate of drug-likeness (QED) is 0.688. The molecule has 0 spiro atoms. The second kappa shape index (κ2) is 5.16. The number of halogens is 1. The Morgan fingerprint density at radius 1 is 1.04 bits per heavy atom. The lowest BCUT2D eigenvalue weighted by Gasteiger charge is -2.28. The predicted octanol–water partition coefficient (Wildman–Crippen LogP) is 3.64. The fraction of sp³-hybridized carbons (Fsp3) is 0.263. The minimum absolute atomic E-state index is 0.211. The number of nitrogens with zero attached hydrogens (tertiary/aromatic N) is 4. The van der Waals surface area contributed by atoms with Gasteiger partial charge in [0, 0.05) is 12.0 Å². The number of benzene rings is 2. The summed E-state index contributed by atoms with van der Waals surface area (Å²) in [6.45, 7) is 5.95. The molecule has 1 aromatic heterocycles. The second-order valence-electron chi connectivity index (χ2n) is 6.79. The highest BCUT2D eigenvalue weighted by Crippen LogP contribution is 2.30. The van der Waals surface area contributed by atoms with Crippen LogP contribution in [0.4, 0.5) is 4.39 Å². The van der Waals surface area contributed by atoms with E-state index in [0.717, 1.165) is 22.2 Å². The van der Waals surface area contributed by atoms with Crippen LogP contribution < -0.4 is 0 Å². The van der Waals surface area contributed by atoms with E-state index in [1.807, 2.05) is 45.0 Å². The number of hydrogen-bond donors (Lipinski definition) is 0. The van der Waals surface area contributed by atoms with Crippen molar-refractivity contribution in [3.8, 4) is 0 Å². The highest BCUT2D eigenvalue weighted by atomic mass is 19.1. The van der Waals surface area contributed by atoms with Crippen molar-refractivity contribution in [2.24, 2.45) is 4.99 Å². The largest absolute Gasteiger partial charge is 0.274 e. The molecule has 0 aliphatic carbocycles. The third kappa shape index (κ3) is 2.37. The van der Waals surface area contributed by atoms with E-state index < -0.39 is 5.54 Å². The Morgan fingerprint density at radius 2 is 1.83 bits per heavy atom. The molecule has 24 heavy (non-hydrogen) atoms. The fourth-order valence-corrected chi connectivity index (χ4v) is 3.16. The first-order valence-corrected chi connectivity index (χ1v) is 7.93. The first-order valence-electron chi connectivity index (χ1n) is 7.93. The molecule has 0 fully saturated rings. The van der Waals surface area contributed by atoms with Gasteiger partial charge in [-0.3, -0.25) is 4.99 Å². The molecule has 5 heteroatoms. The summed E-state index contributed by atoms with van der Waals surface area (Å²) in [5.41, 5.74) is 4.19. The molecule has 0 saturated carbocycles. The second-order valence-corrected chi connectivity index (χ2v) is 6.79. The molecule has 0 bridgehead atoms. The van der Waals surface area contributed by atoms with Crippen LogP contribution in [0.25, 0.3) is 11.0 Å². The van der Waals surface area contributed by atoms with Gasteiger partial charge in [0.05, 0.1) is 11.1 Å². The van der Waals surface area contributed by atoms with Gasteiger partial charge < -0.3 is 0 Å². The zero-order chi connectivity index (χ0) is 16.9. The molecule has 0 radical (unpaired) electrons. The SMILES string of the molecule is Cc1cccc2nc(C3=NC(C)(C)Cc4c(F)cccc43)nnc12. The number of aryl methyl sites for hydroxylation is 1. The van der Waals surface area contributed by atoms with E-state index in [-0.39, 0.29) is 5.82 Å². The zero-order valence-electron chi connectivity index (χ0n) is 13.8. The molecule has 0 amide bonds. The minimum atomic E-state index is -0.407. The lowest BCUT2D eigenvalue weighted by atomic mass is 9.86. The van der Waals surface area contributed by atoms with Gasteiger partial charge in [-0.05, 0) is 44.0 Å². The third-order valence-corrected chi connectivity index (χ3v) is 4.30. The number of aromatic nitrogens is 3. The number of rotatable bonds is 1. The van der Waals surface area contributed by atoms with E-state index in [9.17, 15) is 4.39 Å². The maximum Gasteiger partial charge on any atom is 0.201 e. The Labute approximate surface area is 139 Å². The van der Waals surface area contributed by atoms with Crippen LogP contribution in [-0.2, 0) is 6.42 Å². The first kappa shape index (κ1) is 14.9. The molecule has 0 unspecified atom stereocenters. The van der Waals surface area contributed by atoms with Crippen molar-refractivity contribution in [3.05, 3.63) is 64.7 Å². The average Bonchev–Trinajstić information content (AvgIpc) is 2.54. The maximum atomic E-state index is 14.3. The summed E-state index contributed by atoms with van der Waals surface area (Å²) >= 11 is 0. The molecule has 0 saturated heterocycles. The molecule has 1 aliphatic heterocycles. The normalized spacial score (nSPS) is 15.9. The molecule has 2 aromatic carbocycles. The molecular formula is C19H17FN4. The van der Waals surface area contributed by atoms with Gasteiger partial charge in [0.25, 0.3) is 0 Å². The van der Waals surface area contributed by atoms with Crippen LogP contribution >= 0.6 is 0 Å². The number of aliphatic imine (C=N–C) groups is 1. The minimum Gasteiger partial charge on any atom is -0.274 e. The van der Waals surface area contributed by atoms with E-state index >= 15 is 0 Å². The summed E-state index contributed by atoms with van der Waals surface area (Å²) in [7, 11) is 0. The van der Waals surface area contributed by atoms with Gasteiger partial charge >= 0.3 is 0 Å². The van der Waals surface area contributed by atoms with Gasteiger partial charge in [-0.15, -0.1) is 10.2 Å². The van der Waals surface area contributed by atoms with Crippen LogP contribution in [0.2, 0.25) is 0 Å². The lowest BCUT2D eigenvalue weighted by molar-refractivity contribution is 0.492. The predicted molar refractivity (Wildman–Crippen MR) is 91.9 cm³/mol. The van der Waals surface area contributed by atoms with Crippen molar-refractivity contribution in [3.63, 3.8) is 0 Å². The standard InChI is InChI=1S/C19H17FN4/c1-11-6-4-9-15-16(11)23-24-18(21-15)17-12-7-5-8-14(20)13(12)10-19(2,3)22-17/h4-9H,10H2,1-3H3. The van der Waals surface area contributed by atoms with E-state index in [1.165, 1.54) is 6.07 Å². The van der Waals surface area contributed by atoms with Gasteiger partial charge in [0.2, 0.25) is 5.82 Å². The molecule has 4 nitrogen and oxygen atoms in total. The third-order valence-electron chi connectivity index (χ3n) is 4.30. The Balaban J connectivity index is 1.95. The molecule has 1 aliphatic rings. The summed E-state index contributed by atoms with van der Waals surface area (Å²) in [4.78, 5) is 9.41. The van der Waals surface area contributed by atoms with Crippen molar-refractivity contribution < 1.29 is 4.39 Å². The van der Waals surface area contributed by atoms with E-state index in [1.54, 1.807) is 6.07 Å². The summed E-state index contributed by atoms with van der Waals surface area (Å²) in [5.74, 6) is 0.227. The Bertz CT molecular complexity index is 992. The molecule has 120 valence electrons. The highest BCUT2D eigenvalue weighted by molar-refractivity contribution is 6.12. The van der Waals surface area contributed by atoms with Crippen LogP contribution in [0.5, 0.6) is 0 Å². The Morgan fingerprint density at radius 3 is 2.67 bits per heavy atom. The Hall–Kier alpha value is -2.69. The average molecular weight is 320 g/mol. The van der Waals surface area contributed by atoms with E-state index in [4.69, 9.17) is 4.99 Å². The van der Waals surface area contributed by atoms with E-state index in [0.29, 0.717) is 23.5 Å². The molecule has 2 heterocycles. The van der Waals surface area contributed by atoms with Gasteiger partial charge in [0.15, 0.2) is 0 Å². The van der Waals surface area contributed by atoms with Crippen LogP contribution in [-0.4, -0.2) is 26.4 Å². The molecular weight excluding hydrogens is 303 g/mol. The summed E-state index contributed by atoms with van der Waals surface area (Å²) in [6.07, 6.45) is 0.554. The van der Waals surface area contributed by atoms with E-state index in [2.05, 4.69) is 15.2 Å². The van der Waals surface area contributed by atoms with Crippen molar-refractivity contribution >= 4 is 16.7 Å². The Kier molecular flexibility index (Phi) is 3.20. The van der Waals surface area contributed by atoms with Crippen molar-refractivity contribution in [1.29, 1.82) is 0 Å². The fourth-order valence-electron chi connectivity index (χ4n) is 3.16. The number of hydrogen-bond acceptors (Lipinski definition) is 4. The topological polar surface area (TPSA) is 51.0 Å². The molecule has 0 N–H and O–H groups in total. The molecule has 0 atom stereocenters. The summed E-state index contributed by atoms with van der Waals surface area (Å²) in [5, 5.41) is 8.58. The van der Waals surface area contributed by atoms with Crippen molar-refractivity contribution in [2.75, 3.05) is 0 Å². The van der Waals surface area contributed by atoms with Gasteiger partial charge in [-0.2, -0.15) is 0 Å². The summed E-state index contributed by atoms with van der Waals surface area (Å²) in [6, 6.07) is 10.9. The number of fused-ring (bicyclic) bond motifs is 2. The first-order chi connectivity index (χ1) is 11.4.